The van der Waals surface area contributed by atoms with Crippen LogP contribution in [0, 0.1) is 5.92 Å². The molecule has 0 bridgehead atoms. The molecular weight excluding hydrogens is 200 g/mol. The molecule has 1 unspecified atom stereocenters. The topological polar surface area (TPSA) is 32.3 Å². The Kier molecular flexibility index (Phi) is 4.22. The van der Waals surface area contributed by atoms with Crippen molar-refractivity contribution in [3.05, 3.63) is 0 Å². The molecule has 3 nitrogen and oxygen atoms in total. The quantitative estimate of drug-likeness (QED) is 0.772. The molecule has 16 heavy (non-hydrogen) atoms. The highest BCUT2D eigenvalue weighted by molar-refractivity contribution is 5.76. The third-order valence-electron chi connectivity index (χ3n) is 3.80. The first-order valence-corrected chi connectivity index (χ1v) is 6.80. The molecule has 1 atom stereocenters. The molecule has 92 valence electrons. The Hall–Kier alpha value is -0.570. The van der Waals surface area contributed by atoms with Crippen molar-refractivity contribution in [2.45, 2.75) is 51.5 Å². The van der Waals surface area contributed by atoms with Gasteiger partial charge in [0.1, 0.15) is 0 Å². The maximum atomic E-state index is 11.9. The lowest BCUT2D eigenvalue weighted by Crippen LogP contribution is -2.40. The van der Waals surface area contributed by atoms with Crippen LogP contribution in [-0.4, -0.2) is 36.5 Å². The molecule has 2 aliphatic rings. The van der Waals surface area contributed by atoms with Crippen molar-refractivity contribution in [3.8, 4) is 0 Å². The molecule has 1 amide bonds. The summed E-state index contributed by atoms with van der Waals surface area (Å²) in [7, 11) is 0. The monoisotopic (exact) mass is 224 g/mol. The summed E-state index contributed by atoms with van der Waals surface area (Å²) >= 11 is 0. The van der Waals surface area contributed by atoms with Gasteiger partial charge in [-0.15, -0.1) is 0 Å². The fourth-order valence-electron chi connectivity index (χ4n) is 2.45. The van der Waals surface area contributed by atoms with E-state index < -0.39 is 0 Å². The lowest BCUT2D eigenvalue weighted by molar-refractivity contribution is -0.132. The van der Waals surface area contributed by atoms with Gasteiger partial charge >= 0.3 is 0 Å². The van der Waals surface area contributed by atoms with Crippen molar-refractivity contribution in [1.29, 1.82) is 0 Å². The molecule has 0 spiro atoms. The Morgan fingerprint density at radius 2 is 2.19 bits per heavy atom. The fourth-order valence-corrected chi connectivity index (χ4v) is 2.45. The number of piperidine rings is 1. The summed E-state index contributed by atoms with van der Waals surface area (Å²) in [5.74, 6) is 1.10. The van der Waals surface area contributed by atoms with E-state index >= 15 is 0 Å². The minimum absolute atomic E-state index is 0.353. The zero-order chi connectivity index (χ0) is 11.4. The number of carbonyl (C=O) groups is 1. The van der Waals surface area contributed by atoms with Crippen LogP contribution in [0.25, 0.3) is 0 Å². The van der Waals surface area contributed by atoms with Crippen molar-refractivity contribution in [2.24, 2.45) is 5.92 Å². The SMILES string of the molecule is CCC1CCCN(C(=O)CCNC2CC2)C1. The molecule has 1 aliphatic heterocycles. The number of hydrogen-bond donors (Lipinski definition) is 1. The highest BCUT2D eigenvalue weighted by atomic mass is 16.2. The summed E-state index contributed by atoms with van der Waals surface area (Å²) in [4.78, 5) is 14.0. The van der Waals surface area contributed by atoms with Gasteiger partial charge in [-0.2, -0.15) is 0 Å². The van der Waals surface area contributed by atoms with Crippen LogP contribution in [0.15, 0.2) is 0 Å². The van der Waals surface area contributed by atoms with Crippen molar-refractivity contribution in [1.82, 2.24) is 10.2 Å². The van der Waals surface area contributed by atoms with Gasteiger partial charge in [-0.05, 0) is 31.6 Å². The molecule has 0 aromatic carbocycles. The van der Waals surface area contributed by atoms with Gasteiger partial charge in [-0.3, -0.25) is 4.79 Å². The Morgan fingerprint density at radius 3 is 2.88 bits per heavy atom. The van der Waals surface area contributed by atoms with E-state index in [0.29, 0.717) is 12.3 Å². The number of carbonyl (C=O) groups excluding carboxylic acids is 1. The predicted molar refractivity (Wildman–Crippen MR) is 65.2 cm³/mol. The van der Waals surface area contributed by atoms with Crippen LogP contribution in [0.2, 0.25) is 0 Å². The number of likely N-dealkylation sites (tertiary alicyclic amines) is 1. The Morgan fingerprint density at radius 1 is 1.38 bits per heavy atom. The molecule has 0 radical (unpaired) electrons. The number of rotatable bonds is 5. The van der Waals surface area contributed by atoms with E-state index in [1.54, 1.807) is 0 Å². The van der Waals surface area contributed by atoms with Gasteiger partial charge in [0.15, 0.2) is 0 Å². The summed E-state index contributed by atoms with van der Waals surface area (Å²) in [6, 6.07) is 0.720. The standard InChI is InChI=1S/C13H24N2O/c1-2-11-4-3-9-15(10-11)13(16)7-8-14-12-5-6-12/h11-12,14H,2-10H2,1H3. The van der Waals surface area contributed by atoms with Gasteiger partial charge in [-0.1, -0.05) is 13.3 Å². The number of hydrogen-bond acceptors (Lipinski definition) is 2. The summed E-state index contributed by atoms with van der Waals surface area (Å²) in [5.41, 5.74) is 0. The smallest absolute Gasteiger partial charge is 0.223 e. The Balaban J connectivity index is 1.66. The van der Waals surface area contributed by atoms with Crippen LogP contribution >= 0.6 is 0 Å². The largest absolute Gasteiger partial charge is 0.342 e. The molecule has 0 aromatic rings. The first kappa shape index (κ1) is 11.9. The second-order valence-electron chi connectivity index (χ2n) is 5.23. The second-order valence-corrected chi connectivity index (χ2v) is 5.23. The van der Waals surface area contributed by atoms with Gasteiger partial charge < -0.3 is 10.2 Å². The highest BCUT2D eigenvalue weighted by Crippen LogP contribution is 2.20. The summed E-state index contributed by atoms with van der Waals surface area (Å²) < 4.78 is 0. The average Bonchev–Trinajstić information content (AvgIpc) is 3.13. The van der Waals surface area contributed by atoms with Crippen molar-refractivity contribution >= 4 is 5.91 Å². The molecule has 1 saturated carbocycles. The van der Waals surface area contributed by atoms with E-state index in [1.807, 2.05) is 0 Å². The lowest BCUT2D eigenvalue weighted by Gasteiger charge is -2.32. The second kappa shape index (κ2) is 5.67. The maximum absolute atomic E-state index is 11.9. The molecule has 1 heterocycles. The van der Waals surface area contributed by atoms with Crippen LogP contribution < -0.4 is 5.32 Å². The summed E-state index contributed by atoms with van der Waals surface area (Å²) in [6.07, 6.45) is 7.00. The van der Waals surface area contributed by atoms with Crippen LogP contribution in [0.4, 0.5) is 0 Å². The minimum Gasteiger partial charge on any atom is -0.342 e. The molecule has 0 aromatic heterocycles. The Labute approximate surface area is 98.6 Å². The number of nitrogens with zero attached hydrogens (tertiary/aromatic N) is 1. The van der Waals surface area contributed by atoms with Gasteiger partial charge in [-0.25, -0.2) is 0 Å². The average molecular weight is 224 g/mol. The molecule has 2 fully saturated rings. The molecule has 1 N–H and O–H groups in total. The predicted octanol–water partition coefficient (Wildman–Crippen LogP) is 1.78. The highest BCUT2D eigenvalue weighted by Gasteiger charge is 2.23. The zero-order valence-electron chi connectivity index (χ0n) is 10.4. The lowest BCUT2D eigenvalue weighted by atomic mass is 9.95. The molecule has 1 saturated heterocycles. The van der Waals surface area contributed by atoms with E-state index in [1.165, 1.54) is 32.1 Å². The molecule has 1 aliphatic carbocycles. The van der Waals surface area contributed by atoms with Crippen LogP contribution in [0.1, 0.15) is 45.4 Å². The van der Waals surface area contributed by atoms with E-state index in [2.05, 4.69) is 17.1 Å². The van der Waals surface area contributed by atoms with Crippen LogP contribution in [-0.2, 0) is 4.79 Å². The number of nitrogens with one attached hydrogen (secondary N) is 1. The number of amides is 1. The van der Waals surface area contributed by atoms with Gasteiger partial charge in [0.05, 0.1) is 0 Å². The Bertz CT molecular complexity index is 238. The molecule has 2 rings (SSSR count). The van der Waals surface area contributed by atoms with E-state index in [-0.39, 0.29) is 0 Å². The van der Waals surface area contributed by atoms with Crippen molar-refractivity contribution in [2.75, 3.05) is 19.6 Å². The van der Waals surface area contributed by atoms with Crippen LogP contribution in [0.3, 0.4) is 0 Å². The molecule has 3 heteroatoms. The fraction of sp³-hybridized carbons (Fsp3) is 0.923. The zero-order valence-corrected chi connectivity index (χ0v) is 10.4. The van der Waals surface area contributed by atoms with Crippen LogP contribution in [0.5, 0.6) is 0 Å². The van der Waals surface area contributed by atoms with E-state index in [9.17, 15) is 4.79 Å². The first-order chi connectivity index (χ1) is 7.79. The maximum Gasteiger partial charge on any atom is 0.223 e. The van der Waals surface area contributed by atoms with E-state index in [4.69, 9.17) is 0 Å². The van der Waals surface area contributed by atoms with Crippen molar-refractivity contribution in [3.63, 3.8) is 0 Å². The first-order valence-electron chi connectivity index (χ1n) is 6.80. The third-order valence-corrected chi connectivity index (χ3v) is 3.80. The summed E-state index contributed by atoms with van der Waals surface area (Å²) in [5, 5.41) is 3.40. The summed E-state index contributed by atoms with van der Waals surface area (Å²) in [6.45, 7) is 5.08. The van der Waals surface area contributed by atoms with E-state index in [0.717, 1.165) is 31.6 Å². The normalized spacial score (nSPS) is 25.8. The third kappa shape index (κ3) is 3.48. The van der Waals surface area contributed by atoms with Gasteiger partial charge in [0.2, 0.25) is 5.91 Å². The minimum atomic E-state index is 0.353. The molecular formula is C13H24N2O. The van der Waals surface area contributed by atoms with Gasteiger partial charge in [0.25, 0.3) is 0 Å². The van der Waals surface area contributed by atoms with Gasteiger partial charge in [0, 0.05) is 32.1 Å². The van der Waals surface area contributed by atoms with Crippen molar-refractivity contribution < 1.29 is 4.79 Å².